The van der Waals surface area contributed by atoms with Crippen LogP contribution in [0.2, 0.25) is 0 Å². The Morgan fingerprint density at radius 3 is 1.85 bits per heavy atom. The molecule has 0 heterocycles. The van der Waals surface area contributed by atoms with E-state index >= 15 is 0 Å². The number of thioether (sulfide) groups is 1. The van der Waals surface area contributed by atoms with Gasteiger partial charge in [0, 0.05) is 6.42 Å². The molecule has 0 bridgehead atoms. The van der Waals surface area contributed by atoms with Crippen molar-refractivity contribution in [1.29, 1.82) is 0 Å². The van der Waals surface area contributed by atoms with Crippen molar-refractivity contribution in [2.75, 3.05) is 12.0 Å². The average Bonchev–Trinajstić information content (AvgIpc) is 3.10. The van der Waals surface area contributed by atoms with Gasteiger partial charge in [0.1, 0.15) is 35.7 Å². The van der Waals surface area contributed by atoms with E-state index in [0.717, 1.165) is 0 Å². The van der Waals surface area contributed by atoms with Gasteiger partial charge in [0.15, 0.2) is 0 Å². The summed E-state index contributed by atoms with van der Waals surface area (Å²) in [6.45, 7) is 15.3. The maximum absolute atomic E-state index is 13.8. The Labute approximate surface area is 324 Å². The minimum atomic E-state index is -1.56. The first kappa shape index (κ1) is 47.8. The first-order valence-corrected chi connectivity index (χ1v) is 19.9. The fraction of sp³-hybridized carbons (Fsp3) is 0.658. The molecule has 0 spiro atoms. The van der Waals surface area contributed by atoms with E-state index in [1.54, 1.807) is 51.1 Å². The smallest absolute Gasteiger partial charge is 0.326 e. The van der Waals surface area contributed by atoms with Gasteiger partial charge in [-0.05, 0) is 68.9 Å². The first-order chi connectivity index (χ1) is 25.1. The fourth-order valence-corrected chi connectivity index (χ4v) is 5.71. The van der Waals surface area contributed by atoms with Crippen LogP contribution in [0.4, 0.5) is 0 Å². The summed E-state index contributed by atoms with van der Waals surface area (Å²) >= 11 is 1.45. The molecule has 0 saturated heterocycles. The summed E-state index contributed by atoms with van der Waals surface area (Å²) in [4.78, 5) is 92.1. The van der Waals surface area contributed by atoms with Crippen LogP contribution in [0, 0.1) is 17.8 Å². The van der Waals surface area contributed by atoms with E-state index in [2.05, 4.69) is 31.9 Å². The molecule has 6 amide bonds. The van der Waals surface area contributed by atoms with Gasteiger partial charge in [-0.15, -0.1) is 0 Å². The number of amides is 6. The SMILES string of the molecule is CC[C@H](C)[C@H](NC(=O)C(C)(C)NC(=O)[C@H](CC(C)C)NC(=O)[C@H](C)NC(=O)[C@@H](N)C(C)C)C(=O)N[C@@H](CCSC)C(=O)N[C@@H](Cc1ccccc1)C(=O)O. The van der Waals surface area contributed by atoms with Crippen molar-refractivity contribution in [2.24, 2.45) is 23.5 Å². The molecule has 0 fully saturated rings. The lowest BCUT2D eigenvalue weighted by molar-refractivity contribution is -0.142. The van der Waals surface area contributed by atoms with Gasteiger partial charge in [0.25, 0.3) is 0 Å². The first-order valence-electron chi connectivity index (χ1n) is 18.5. The molecule has 7 atom stereocenters. The standard InChI is InChI=1S/C38H63N7O8S/c1-11-23(6)30(35(50)41-26(17-18-54-10)32(47)43-28(36(51)52)20-25-15-13-12-14-16-25)44-37(53)38(8,9)45-33(48)27(19-21(2)3)42-31(46)24(7)40-34(49)29(39)22(4)5/h12-16,21-24,26-30H,11,17-20,39H2,1-10H3,(H,40,49)(H,41,50)(H,42,46)(H,43,47)(H,44,53)(H,45,48)(H,51,52)/t23-,24-,26-,27-,28-,29-,30-/m0/s1. The highest BCUT2D eigenvalue weighted by Crippen LogP contribution is 2.14. The Balaban J connectivity index is 3.14. The maximum atomic E-state index is 13.8. The predicted octanol–water partition coefficient (Wildman–Crippen LogP) is 1.48. The van der Waals surface area contributed by atoms with Crippen molar-refractivity contribution in [3.05, 3.63) is 35.9 Å². The highest BCUT2D eigenvalue weighted by Gasteiger charge is 2.38. The van der Waals surface area contributed by atoms with Crippen molar-refractivity contribution in [2.45, 2.75) is 130 Å². The molecule has 54 heavy (non-hydrogen) atoms. The third-order valence-corrected chi connectivity index (χ3v) is 9.68. The summed E-state index contributed by atoms with van der Waals surface area (Å²) in [5, 5.41) is 25.8. The van der Waals surface area contributed by atoms with E-state index in [1.807, 2.05) is 27.0 Å². The molecule has 0 aliphatic rings. The molecule has 0 unspecified atom stereocenters. The number of carbonyl (C=O) groups is 7. The van der Waals surface area contributed by atoms with Crippen LogP contribution in [0.5, 0.6) is 0 Å². The van der Waals surface area contributed by atoms with E-state index in [-0.39, 0.29) is 31.1 Å². The molecule has 1 aromatic rings. The number of carboxylic acids is 1. The largest absolute Gasteiger partial charge is 0.480 e. The van der Waals surface area contributed by atoms with Gasteiger partial charge in [0.2, 0.25) is 35.4 Å². The maximum Gasteiger partial charge on any atom is 0.326 e. The third kappa shape index (κ3) is 16.0. The minimum absolute atomic E-state index is 0.0314. The highest BCUT2D eigenvalue weighted by atomic mass is 32.2. The molecule has 0 radical (unpaired) electrons. The zero-order valence-corrected chi connectivity index (χ0v) is 34.2. The van der Waals surface area contributed by atoms with Crippen LogP contribution in [0.3, 0.4) is 0 Å². The van der Waals surface area contributed by atoms with Crippen LogP contribution < -0.4 is 37.6 Å². The second-order valence-electron chi connectivity index (χ2n) is 15.1. The zero-order valence-electron chi connectivity index (χ0n) is 33.4. The monoisotopic (exact) mass is 777 g/mol. The van der Waals surface area contributed by atoms with Gasteiger partial charge >= 0.3 is 5.97 Å². The van der Waals surface area contributed by atoms with Crippen LogP contribution in [0.25, 0.3) is 0 Å². The molecule has 15 nitrogen and oxygen atoms in total. The van der Waals surface area contributed by atoms with Crippen LogP contribution >= 0.6 is 11.8 Å². The molecule has 16 heteroatoms. The van der Waals surface area contributed by atoms with Crippen molar-refractivity contribution < 1.29 is 38.7 Å². The van der Waals surface area contributed by atoms with Gasteiger partial charge in [-0.3, -0.25) is 28.8 Å². The van der Waals surface area contributed by atoms with Crippen LogP contribution in [0.1, 0.15) is 87.1 Å². The molecule has 304 valence electrons. The van der Waals surface area contributed by atoms with Gasteiger partial charge in [-0.25, -0.2) is 4.79 Å². The van der Waals surface area contributed by atoms with E-state index in [9.17, 15) is 38.7 Å². The van der Waals surface area contributed by atoms with Gasteiger partial charge in [0.05, 0.1) is 6.04 Å². The Morgan fingerprint density at radius 1 is 0.759 bits per heavy atom. The van der Waals surface area contributed by atoms with Gasteiger partial charge in [-0.2, -0.15) is 11.8 Å². The minimum Gasteiger partial charge on any atom is -0.480 e. The number of rotatable bonds is 23. The normalized spacial score (nSPS) is 15.4. The molecular weight excluding hydrogens is 715 g/mol. The number of nitrogens with one attached hydrogen (secondary N) is 6. The van der Waals surface area contributed by atoms with Crippen molar-refractivity contribution in [3.63, 3.8) is 0 Å². The molecule has 0 aliphatic heterocycles. The molecule has 0 aromatic heterocycles. The quantitative estimate of drug-likeness (QED) is 0.0797. The number of carboxylic acid groups (broad SMARTS) is 1. The number of benzene rings is 1. The number of hydrogen-bond donors (Lipinski definition) is 8. The molecule has 1 rings (SSSR count). The van der Waals surface area contributed by atoms with Gasteiger partial charge < -0.3 is 42.7 Å². The van der Waals surface area contributed by atoms with E-state index in [4.69, 9.17) is 5.73 Å². The summed E-state index contributed by atoms with van der Waals surface area (Å²) in [6, 6.07) is 2.55. The third-order valence-electron chi connectivity index (χ3n) is 9.04. The van der Waals surface area contributed by atoms with E-state index < -0.39 is 89.1 Å². The number of nitrogens with two attached hydrogens (primary N) is 1. The molecule has 9 N–H and O–H groups in total. The van der Waals surface area contributed by atoms with Gasteiger partial charge in [-0.1, -0.05) is 78.3 Å². The lowest BCUT2D eigenvalue weighted by Gasteiger charge is -2.32. The lowest BCUT2D eigenvalue weighted by Crippen LogP contribution is -2.64. The lowest BCUT2D eigenvalue weighted by atomic mass is 9.95. The van der Waals surface area contributed by atoms with Crippen molar-refractivity contribution in [1.82, 2.24) is 31.9 Å². The van der Waals surface area contributed by atoms with Crippen LogP contribution in [-0.2, 0) is 40.0 Å². The van der Waals surface area contributed by atoms with Crippen LogP contribution in [-0.4, -0.2) is 100 Å². The summed E-state index contributed by atoms with van der Waals surface area (Å²) in [5.74, 6) is -5.07. The number of aliphatic carboxylic acids is 1. The van der Waals surface area contributed by atoms with Crippen molar-refractivity contribution >= 4 is 53.2 Å². The second-order valence-corrected chi connectivity index (χ2v) is 16.1. The summed E-state index contributed by atoms with van der Waals surface area (Å²) in [7, 11) is 0. The summed E-state index contributed by atoms with van der Waals surface area (Å²) < 4.78 is 0. The predicted molar refractivity (Wildman–Crippen MR) is 210 cm³/mol. The zero-order chi connectivity index (χ0) is 41.3. The Hall–Kier alpha value is -4.18. The number of carbonyl (C=O) groups excluding carboxylic acids is 6. The molecule has 0 saturated carbocycles. The Bertz CT molecular complexity index is 1430. The molecule has 1 aromatic carbocycles. The second kappa shape index (κ2) is 22.9. The highest BCUT2D eigenvalue weighted by molar-refractivity contribution is 7.98. The Morgan fingerprint density at radius 2 is 1.33 bits per heavy atom. The summed E-state index contributed by atoms with van der Waals surface area (Å²) in [6.07, 6.45) is 2.79. The summed E-state index contributed by atoms with van der Waals surface area (Å²) in [5.41, 5.74) is 5.05. The van der Waals surface area contributed by atoms with E-state index in [0.29, 0.717) is 17.7 Å². The van der Waals surface area contributed by atoms with Crippen molar-refractivity contribution in [3.8, 4) is 0 Å². The molecule has 0 aliphatic carbocycles. The number of hydrogen-bond acceptors (Lipinski definition) is 9. The topological polar surface area (TPSA) is 238 Å². The fourth-order valence-electron chi connectivity index (χ4n) is 5.24. The van der Waals surface area contributed by atoms with Crippen LogP contribution in [0.15, 0.2) is 30.3 Å². The average molecular weight is 778 g/mol. The Kier molecular flexibility index (Phi) is 20.3. The van der Waals surface area contributed by atoms with E-state index in [1.165, 1.54) is 32.5 Å². The molecular formula is C38H63N7O8S.